The molecule has 1 heterocycles. The summed E-state index contributed by atoms with van der Waals surface area (Å²) in [6.07, 6.45) is 0. The lowest BCUT2D eigenvalue weighted by Gasteiger charge is -2.29. The molecule has 2 atom stereocenters. The van der Waals surface area contributed by atoms with Crippen molar-refractivity contribution in [3.8, 4) is 0 Å². The second-order valence-electron chi connectivity index (χ2n) is 3.65. The molecule has 0 N–H and O–H groups in total. The van der Waals surface area contributed by atoms with E-state index in [-0.39, 0.29) is 26.3 Å². The predicted octanol–water partition coefficient (Wildman–Crippen LogP) is 1.74. The molecule has 0 aromatic rings. The first kappa shape index (κ1) is 15.7. The SMILES string of the molecule is COCCN1C(=O)N(CCOC)C(F)(Cl)C1(F)Cl. The number of rotatable bonds is 6. The second-order valence-corrected chi connectivity index (χ2v) is 4.66. The van der Waals surface area contributed by atoms with Crippen LogP contribution < -0.4 is 0 Å². The molecule has 1 rings (SSSR count). The minimum absolute atomic E-state index is 0.00914. The van der Waals surface area contributed by atoms with Crippen molar-refractivity contribution >= 4 is 29.2 Å². The van der Waals surface area contributed by atoms with Crippen molar-refractivity contribution < 1.29 is 23.0 Å². The van der Waals surface area contributed by atoms with E-state index in [1.807, 2.05) is 0 Å². The van der Waals surface area contributed by atoms with Crippen LogP contribution in [-0.4, -0.2) is 66.9 Å². The summed E-state index contributed by atoms with van der Waals surface area (Å²) in [6, 6.07) is -0.945. The van der Waals surface area contributed by atoms with E-state index in [1.54, 1.807) is 0 Å². The molecular formula is C9H14Cl2F2N2O3. The summed E-state index contributed by atoms with van der Waals surface area (Å²) in [4.78, 5) is 12.8. The Morgan fingerprint density at radius 2 is 1.39 bits per heavy atom. The second kappa shape index (κ2) is 5.73. The van der Waals surface area contributed by atoms with Crippen LogP contribution in [0.4, 0.5) is 13.6 Å². The minimum Gasteiger partial charge on any atom is -0.383 e. The van der Waals surface area contributed by atoms with Gasteiger partial charge in [-0.1, -0.05) is 23.2 Å². The normalized spacial score (nSPS) is 32.4. The summed E-state index contributed by atoms with van der Waals surface area (Å²) in [6.45, 7) is -0.404. The third-order valence-electron chi connectivity index (χ3n) is 2.54. The van der Waals surface area contributed by atoms with Gasteiger partial charge in [-0.2, -0.15) is 8.78 Å². The average molecular weight is 307 g/mol. The fraction of sp³-hybridized carbons (Fsp3) is 0.889. The number of carbonyl (C=O) groups is 1. The first-order chi connectivity index (χ1) is 8.30. The fourth-order valence-corrected chi connectivity index (χ4v) is 2.07. The largest absolute Gasteiger partial charge is 0.383 e. The van der Waals surface area contributed by atoms with E-state index in [1.165, 1.54) is 14.2 Å². The fourth-order valence-electron chi connectivity index (χ4n) is 1.55. The number of halogens is 4. The highest BCUT2D eigenvalue weighted by Gasteiger charge is 2.69. The molecule has 1 saturated heterocycles. The van der Waals surface area contributed by atoms with Crippen molar-refractivity contribution in [2.24, 2.45) is 0 Å². The monoisotopic (exact) mass is 306 g/mol. The molecule has 0 aromatic heterocycles. The first-order valence-corrected chi connectivity index (χ1v) is 5.89. The molecule has 0 saturated carbocycles. The van der Waals surface area contributed by atoms with Gasteiger partial charge in [0.05, 0.1) is 26.3 Å². The highest BCUT2D eigenvalue weighted by atomic mass is 35.5. The number of alkyl halides is 4. The third-order valence-corrected chi connectivity index (χ3v) is 3.55. The van der Waals surface area contributed by atoms with Crippen molar-refractivity contribution in [2.45, 2.75) is 10.5 Å². The number of nitrogens with zero attached hydrogens (tertiary/aromatic N) is 2. The van der Waals surface area contributed by atoms with Crippen LogP contribution in [0.25, 0.3) is 0 Å². The Morgan fingerprint density at radius 1 is 1.06 bits per heavy atom. The lowest BCUT2D eigenvalue weighted by molar-refractivity contribution is -0.0312. The highest BCUT2D eigenvalue weighted by molar-refractivity contribution is 6.35. The van der Waals surface area contributed by atoms with Gasteiger partial charge in [0.1, 0.15) is 0 Å². The van der Waals surface area contributed by atoms with Crippen molar-refractivity contribution in [3.05, 3.63) is 0 Å². The van der Waals surface area contributed by atoms with Crippen LogP contribution in [0.3, 0.4) is 0 Å². The van der Waals surface area contributed by atoms with Gasteiger partial charge in [-0.05, 0) is 0 Å². The van der Waals surface area contributed by atoms with E-state index in [0.717, 1.165) is 0 Å². The minimum atomic E-state index is -3.15. The summed E-state index contributed by atoms with van der Waals surface area (Å²) in [5.74, 6) is 0. The quantitative estimate of drug-likeness (QED) is 0.554. The number of carbonyl (C=O) groups excluding carboxylic acids is 1. The van der Waals surface area contributed by atoms with Gasteiger partial charge >= 0.3 is 16.5 Å². The Balaban J connectivity index is 2.92. The Bertz CT molecular complexity index is 290. The molecule has 0 spiro atoms. The Morgan fingerprint density at radius 3 is 1.67 bits per heavy atom. The lowest BCUT2D eigenvalue weighted by Crippen LogP contribution is -2.49. The summed E-state index contributed by atoms with van der Waals surface area (Å²) >= 11 is 10.8. The lowest BCUT2D eigenvalue weighted by atomic mass is 10.4. The van der Waals surface area contributed by atoms with E-state index >= 15 is 0 Å². The van der Waals surface area contributed by atoms with Crippen molar-refractivity contribution in [1.82, 2.24) is 9.80 Å². The number of hydrogen-bond donors (Lipinski definition) is 0. The third kappa shape index (κ3) is 2.49. The molecule has 18 heavy (non-hydrogen) atoms. The zero-order chi connectivity index (χ0) is 14.0. The van der Waals surface area contributed by atoms with Gasteiger partial charge in [0.25, 0.3) is 0 Å². The molecule has 0 aromatic carbocycles. The average Bonchev–Trinajstić information content (AvgIpc) is 2.40. The topological polar surface area (TPSA) is 42.0 Å². The number of methoxy groups -OCH3 is 2. The number of urea groups is 1. The van der Waals surface area contributed by atoms with Crippen LogP contribution in [0.5, 0.6) is 0 Å². The van der Waals surface area contributed by atoms with Gasteiger partial charge in [0.15, 0.2) is 0 Å². The maximum Gasteiger partial charge on any atom is 0.330 e. The predicted molar refractivity (Wildman–Crippen MR) is 61.9 cm³/mol. The maximum atomic E-state index is 14.1. The standard InChI is InChI=1S/C9H14Cl2F2N2O3/c1-17-5-3-14-7(16)15(4-6-18-2)9(11,13)8(14,10)12/h3-6H2,1-2H3. The highest BCUT2D eigenvalue weighted by Crippen LogP contribution is 2.49. The van der Waals surface area contributed by atoms with Crippen molar-refractivity contribution in [3.63, 3.8) is 0 Å². The molecule has 1 fully saturated rings. The molecular weight excluding hydrogens is 293 g/mol. The molecule has 0 aliphatic carbocycles. The molecule has 0 radical (unpaired) electrons. The van der Waals surface area contributed by atoms with Gasteiger partial charge in [-0.3, -0.25) is 9.80 Å². The van der Waals surface area contributed by atoms with Crippen molar-refractivity contribution in [1.29, 1.82) is 0 Å². The van der Waals surface area contributed by atoms with Crippen LogP contribution >= 0.6 is 23.2 Å². The smallest absolute Gasteiger partial charge is 0.330 e. The molecule has 106 valence electrons. The Labute approximate surface area is 113 Å². The van der Waals surface area contributed by atoms with Crippen LogP contribution in [0, 0.1) is 0 Å². The zero-order valence-electron chi connectivity index (χ0n) is 9.96. The van der Waals surface area contributed by atoms with E-state index in [4.69, 9.17) is 32.7 Å². The molecule has 2 amide bonds. The molecule has 1 aliphatic rings. The summed E-state index contributed by atoms with van der Waals surface area (Å²) in [5.41, 5.74) is 0. The molecule has 1 aliphatic heterocycles. The molecule has 2 unspecified atom stereocenters. The van der Waals surface area contributed by atoms with Gasteiger partial charge in [0.2, 0.25) is 0 Å². The van der Waals surface area contributed by atoms with Gasteiger partial charge in [-0.15, -0.1) is 0 Å². The van der Waals surface area contributed by atoms with Crippen molar-refractivity contribution in [2.75, 3.05) is 40.5 Å². The van der Waals surface area contributed by atoms with E-state index in [9.17, 15) is 13.6 Å². The molecule has 9 heteroatoms. The molecule has 0 bridgehead atoms. The Kier molecular flexibility index (Phi) is 4.99. The van der Waals surface area contributed by atoms with Crippen LogP contribution in [0.15, 0.2) is 0 Å². The number of hydrogen-bond acceptors (Lipinski definition) is 3. The maximum absolute atomic E-state index is 14.1. The Hall–Kier alpha value is -0.370. The van der Waals surface area contributed by atoms with Gasteiger partial charge in [0, 0.05) is 14.2 Å². The van der Waals surface area contributed by atoms with E-state index in [2.05, 4.69) is 0 Å². The number of amides is 2. The number of ether oxygens (including phenoxy) is 2. The van der Waals surface area contributed by atoms with E-state index in [0.29, 0.717) is 9.80 Å². The first-order valence-electron chi connectivity index (χ1n) is 5.13. The van der Waals surface area contributed by atoms with E-state index < -0.39 is 16.5 Å². The van der Waals surface area contributed by atoms with Gasteiger partial charge < -0.3 is 9.47 Å². The van der Waals surface area contributed by atoms with Crippen LogP contribution in [0.2, 0.25) is 0 Å². The summed E-state index contributed by atoms with van der Waals surface area (Å²) in [7, 11) is 2.72. The molecule has 5 nitrogen and oxygen atoms in total. The van der Waals surface area contributed by atoms with Crippen LogP contribution in [0.1, 0.15) is 0 Å². The summed E-state index contributed by atoms with van der Waals surface area (Å²) < 4.78 is 37.7. The summed E-state index contributed by atoms with van der Waals surface area (Å²) in [5, 5.41) is -6.31. The zero-order valence-corrected chi connectivity index (χ0v) is 11.5. The van der Waals surface area contributed by atoms with Crippen LogP contribution in [-0.2, 0) is 9.47 Å². The van der Waals surface area contributed by atoms with Gasteiger partial charge in [-0.25, -0.2) is 4.79 Å².